The molecule has 2 unspecified atom stereocenters. The molecule has 2 N–H and O–H groups in total. The third-order valence-corrected chi connectivity index (χ3v) is 6.51. The van der Waals surface area contributed by atoms with Crippen molar-refractivity contribution in [2.24, 2.45) is 0 Å². The molecule has 2 aromatic carbocycles. The summed E-state index contributed by atoms with van der Waals surface area (Å²) >= 11 is 0. The van der Waals surface area contributed by atoms with Crippen molar-refractivity contribution >= 4 is 26.6 Å². The molecule has 2 atom stereocenters. The predicted octanol–water partition coefficient (Wildman–Crippen LogP) is 3.77. The first-order chi connectivity index (χ1) is 11.2. The van der Waals surface area contributed by atoms with E-state index in [-0.39, 0.29) is 11.2 Å². The molecule has 0 saturated heterocycles. The van der Waals surface area contributed by atoms with Gasteiger partial charge in [0.05, 0.1) is 25.9 Å². The fourth-order valence-corrected chi connectivity index (χ4v) is 4.69. The molecular weight excluding hydrogens is 338 g/mol. The van der Waals surface area contributed by atoms with Crippen LogP contribution >= 0.6 is 0 Å². The van der Waals surface area contributed by atoms with Gasteiger partial charge < -0.3 is 5.48 Å². The molecule has 0 spiro atoms. The van der Waals surface area contributed by atoms with Crippen LogP contribution < -0.4 is 4.48 Å². The van der Waals surface area contributed by atoms with Crippen LogP contribution in [0.25, 0.3) is 10.8 Å². The number of hydrogen-bond acceptors (Lipinski definition) is 3. The average molecular weight is 365 g/mol. The maximum absolute atomic E-state index is 10.9. The molecule has 0 aromatic heterocycles. The molecule has 0 bridgehead atoms. The molecule has 0 amide bonds. The van der Waals surface area contributed by atoms with Crippen molar-refractivity contribution in [2.75, 3.05) is 19.8 Å². The minimum absolute atomic E-state index is 0. The number of fused-ring (bicyclic) bond motifs is 3. The molecule has 0 aliphatic carbocycles. The Morgan fingerprint density at radius 3 is 2.44 bits per heavy atom. The molecule has 138 valence electrons. The molecule has 0 radical (unpaired) electrons. The lowest BCUT2D eigenvalue weighted by Gasteiger charge is -2.31. The van der Waals surface area contributed by atoms with E-state index in [1.807, 2.05) is 0 Å². The summed E-state index contributed by atoms with van der Waals surface area (Å²) in [7, 11) is 0.638. The smallest absolute Gasteiger partial charge is 0.264 e. The maximum atomic E-state index is 10.9. The van der Waals surface area contributed by atoms with Gasteiger partial charge in [0.25, 0.3) is 10.1 Å². The Bertz CT molecular complexity index is 861. The Labute approximate surface area is 149 Å². The van der Waals surface area contributed by atoms with Crippen LogP contribution in [0.4, 0.5) is 5.69 Å². The molecule has 3 rings (SSSR count). The van der Waals surface area contributed by atoms with Gasteiger partial charge >= 0.3 is 0 Å². The van der Waals surface area contributed by atoms with Gasteiger partial charge in [0.1, 0.15) is 5.69 Å². The lowest BCUT2D eigenvalue weighted by molar-refractivity contribution is 0.295. The van der Waals surface area contributed by atoms with Gasteiger partial charge in [0.2, 0.25) is 0 Å². The van der Waals surface area contributed by atoms with Gasteiger partial charge in [-0.1, -0.05) is 30.7 Å². The van der Waals surface area contributed by atoms with E-state index in [0.29, 0.717) is 18.4 Å². The zero-order chi connectivity index (χ0) is 17.5. The van der Waals surface area contributed by atoms with Crippen molar-refractivity contribution in [3.05, 3.63) is 42.0 Å². The third kappa shape index (κ3) is 3.72. The largest absolute Gasteiger partial charge is 0.870 e. The summed E-state index contributed by atoms with van der Waals surface area (Å²) in [5, 5.41) is 2.57. The minimum atomic E-state index is -3.86. The number of likely N-dealkylation sites (N-methyl/N-ethyl adjacent to an activating group) is 1. The first-order valence-corrected chi connectivity index (χ1v) is 10.1. The number of unbranched alkanes of at least 4 members (excludes halogenated alkanes) is 1. The van der Waals surface area contributed by atoms with Crippen molar-refractivity contribution in [2.45, 2.75) is 38.1 Å². The minimum Gasteiger partial charge on any atom is -0.870 e. The predicted molar refractivity (Wildman–Crippen MR) is 102 cm³/mol. The van der Waals surface area contributed by atoms with E-state index in [0.717, 1.165) is 17.3 Å². The van der Waals surface area contributed by atoms with E-state index in [4.69, 9.17) is 4.55 Å². The molecule has 2 aromatic rings. The Balaban J connectivity index is 0.00000225. The molecular formula is C19H27NO4S. The van der Waals surface area contributed by atoms with Gasteiger partial charge in [0, 0.05) is 17.5 Å². The van der Waals surface area contributed by atoms with Crippen molar-refractivity contribution in [1.29, 1.82) is 0 Å². The van der Waals surface area contributed by atoms with Crippen LogP contribution in [-0.4, -0.2) is 44.3 Å². The first-order valence-electron chi connectivity index (χ1n) is 8.53. The van der Waals surface area contributed by atoms with E-state index in [9.17, 15) is 8.42 Å². The average Bonchev–Trinajstić information content (AvgIpc) is 2.71. The summed E-state index contributed by atoms with van der Waals surface area (Å²) < 4.78 is 31.6. The molecule has 25 heavy (non-hydrogen) atoms. The van der Waals surface area contributed by atoms with Crippen molar-refractivity contribution in [3.8, 4) is 0 Å². The van der Waals surface area contributed by atoms with Crippen LogP contribution in [0, 0.1) is 0 Å². The highest BCUT2D eigenvalue weighted by molar-refractivity contribution is 7.85. The van der Waals surface area contributed by atoms with Crippen LogP contribution in [0.1, 0.15) is 37.7 Å². The summed E-state index contributed by atoms with van der Waals surface area (Å²) in [5.41, 5.74) is 2.78. The van der Waals surface area contributed by atoms with Crippen LogP contribution in [0.5, 0.6) is 0 Å². The van der Waals surface area contributed by atoms with E-state index in [1.165, 1.54) is 22.0 Å². The highest BCUT2D eigenvalue weighted by Crippen LogP contribution is 2.49. The van der Waals surface area contributed by atoms with Crippen LogP contribution in [0.3, 0.4) is 0 Å². The summed E-state index contributed by atoms with van der Waals surface area (Å²) in [5.74, 6) is 0.261. The van der Waals surface area contributed by atoms with Crippen LogP contribution in [0.15, 0.2) is 36.4 Å². The SMILES string of the molecule is CC1C(CCCCS(=O)(=O)O)c2c(ccc3ccccc23)[N+]1(C)C.[OH-]. The quantitative estimate of drug-likeness (QED) is 0.496. The van der Waals surface area contributed by atoms with Crippen molar-refractivity contribution < 1.29 is 18.4 Å². The van der Waals surface area contributed by atoms with Gasteiger partial charge in [-0.05, 0) is 36.6 Å². The summed E-state index contributed by atoms with van der Waals surface area (Å²) in [6, 6.07) is 13.4. The molecule has 0 fully saturated rings. The van der Waals surface area contributed by atoms with E-state index >= 15 is 0 Å². The number of rotatable bonds is 5. The fourth-order valence-electron chi connectivity index (χ4n) is 4.12. The number of nitrogens with zero attached hydrogens (tertiary/aromatic N) is 1. The normalized spacial score (nSPS) is 21.8. The third-order valence-electron chi connectivity index (χ3n) is 5.71. The molecule has 1 aliphatic heterocycles. The Kier molecular flexibility index (Phi) is 5.59. The monoisotopic (exact) mass is 365 g/mol. The number of quaternary nitrogens is 1. The molecule has 5 nitrogen and oxygen atoms in total. The van der Waals surface area contributed by atoms with Crippen molar-refractivity contribution in [1.82, 2.24) is 4.48 Å². The van der Waals surface area contributed by atoms with Crippen molar-refractivity contribution in [3.63, 3.8) is 0 Å². The van der Waals surface area contributed by atoms with Gasteiger partial charge in [0.15, 0.2) is 0 Å². The zero-order valence-electron chi connectivity index (χ0n) is 15.0. The van der Waals surface area contributed by atoms with E-state index in [2.05, 4.69) is 57.4 Å². The fraction of sp³-hybridized carbons (Fsp3) is 0.474. The van der Waals surface area contributed by atoms with Gasteiger partial charge in [-0.25, -0.2) is 0 Å². The van der Waals surface area contributed by atoms with Crippen LogP contribution in [-0.2, 0) is 10.1 Å². The lowest BCUT2D eigenvalue weighted by Crippen LogP contribution is -2.46. The van der Waals surface area contributed by atoms with Crippen LogP contribution in [0.2, 0.25) is 0 Å². The lowest BCUT2D eigenvalue weighted by atomic mass is 9.87. The molecule has 1 heterocycles. The molecule has 1 aliphatic rings. The second-order valence-electron chi connectivity index (χ2n) is 7.39. The highest BCUT2D eigenvalue weighted by atomic mass is 32.2. The summed E-state index contributed by atoms with van der Waals surface area (Å²) in [4.78, 5) is 0. The maximum Gasteiger partial charge on any atom is 0.264 e. The standard InChI is InChI=1S/C19H25NO3S.H2O/c1-14-16(9-6-7-13-24(21,22)23)19-17-10-5-4-8-15(17)11-12-18(19)20(14,2)3;/h4-5,8,10-12,14,16H,6-7,9,13H2,1-3H3;1H2. The Morgan fingerprint density at radius 2 is 1.76 bits per heavy atom. The first kappa shape index (κ1) is 19.8. The molecule has 6 heteroatoms. The topological polar surface area (TPSA) is 84.4 Å². The van der Waals surface area contributed by atoms with E-state index in [1.54, 1.807) is 0 Å². The van der Waals surface area contributed by atoms with Gasteiger partial charge in [-0.2, -0.15) is 8.42 Å². The zero-order valence-corrected chi connectivity index (χ0v) is 15.8. The Hall–Kier alpha value is -1.47. The molecule has 0 saturated carbocycles. The van der Waals surface area contributed by atoms with Gasteiger partial charge in [-0.15, -0.1) is 0 Å². The van der Waals surface area contributed by atoms with Gasteiger partial charge in [-0.3, -0.25) is 9.04 Å². The summed E-state index contributed by atoms with van der Waals surface area (Å²) in [6.07, 6.45) is 2.26. The number of hydrogen-bond donors (Lipinski definition) is 1. The summed E-state index contributed by atoms with van der Waals surface area (Å²) in [6.45, 7) is 2.28. The number of benzene rings is 2. The highest BCUT2D eigenvalue weighted by Gasteiger charge is 2.45. The second kappa shape index (κ2) is 7.03. The second-order valence-corrected chi connectivity index (χ2v) is 8.96. The van der Waals surface area contributed by atoms with E-state index < -0.39 is 10.1 Å². The Morgan fingerprint density at radius 1 is 1.08 bits per heavy atom.